The monoisotopic (exact) mass is 402 g/mol. The third-order valence-electron chi connectivity index (χ3n) is 5.59. The summed E-state index contributed by atoms with van der Waals surface area (Å²) in [7, 11) is 2.11. The van der Waals surface area contributed by atoms with E-state index in [1.54, 1.807) is 0 Å². The van der Waals surface area contributed by atoms with Gasteiger partial charge in [-0.3, -0.25) is 4.79 Å². The number of H-pyrrole nitrogens is 1. The largest absolute Gasteiger partial charge is 0.351 e. The number of amides is 1. The molecule has 5 heteroatoms. The molecule has 1 N–H and O–H groups in total. The Balaban J connectivity index is 1.61. The maximum Gasteiger partial charge on any atom is 0.270 e. The van der Waals surface area contributed by atoms with Gasteiger partial charge in [-0.2, -0.15) is 5.26 Å². The Morgan fingerprint density at radius 3 is 2.47 bits per heavy atom. The molecule has 0 aliphatic heterocycles. The lowest BCUT2D eigenvalue weighted by molar-refractivity contribution is 0.0717. The van der Waals surface area contributed by atoms with Gasteiger partial charge in [-0.1, -0.05) is 43.7 Å². The molecular formula is C25H30N4O. The lowest BCUT2D eigenvalue weighted by atomic mass is 10.0. The van der Waals surface area contributed by atoms with Crippen molar-refractivity contribution in [2.24, 2.45) is 5.92 Å². The van der Waals surface area contributed by atoms with E-state index in [0.29, 0.717) is 23.7 Å². The number of aromatic amines is 1. The summed E-state index contributed by atoms with van der Waals surface area (Å²) < 4.78 is 0. The lowest BCUT2D eigenvalue weighted by Crippen LogP contribution is -2.38. The second-order valence-corrected chi connectivity index (χ2v) is 7.89. The number of nitrogens with zero attached hydrogens (tertiary/aromatic N) is 3. The van der Waals surface area contributed by atoms with E-state index in [1.807, 2.05) is 66.4 Å². The van der Waals surface area contributed by atoms with Crippen LogP contribution in [0, 0.1) is 17.2 Å². The maximum absolute atomic E-state index is 13.1. The molecule has 1 heterocycles. The van der Waals surface area contributed by atoms with Gasteiger partial charge >= 0.3 is 0 Å². The first-order valence-corrected chi connectivity index (χ1v) is 10.6. The van der Waals surface area contributed by atoms with Crippen LogP contribution in [-0.4, -0.2) is 47.4 Å². The van der Waals surface area contributed by atoms with Crippen molar-refractivity contribution >= 4 is 16.8 Å². The summed E-state index contributed by atoms with van der Waals surface area (Å²) in [5.74, 6) is 0.448. The van der Waals surface area contributed by atoms with Crippen LogP contribution in [0.25, 0.3) is 10.9 Å². The normalized spacial score (nSPS) is 12.1. The van der Waals surface area contributed by atoms with E-state index in [0.717, 1.165) is 37.0 Å². The molecule has 2 aromatic carbocycles. The smallest absolute Gasteiger partial charge is 0.270 e. The topological polar surface area (TPSA) is 63.1 Å². The van der Waals surface area contributed by atoms with Crippen LogP contribution in [0.3, 0.4) is 0 Å². The first kappa shape index (κ1) is 21.6. The highest BCUT2D eigenvalue weighted by molar-refractivity contribution is 5.98. The zero-order valence-electron chi connectivity index (χ0n) is 18.1. The van der Waals surface area contributed by atoms with Crippen LogP contribution >= 0.6 is 0 Å². The van der Waals surface area contributed by atoms with E-state index in [2.05, 4.69) is 29.9 Å². The van der Waals surface area contributed by atoms with Crippen LogP contribution in [0.2, 0.25) is 0 Å². The second-order valence-electron chi connectivity index (χ2n) is 7.89. The number of rotatable bonds is 9. The van der Waals surface area contributed by atoms with Crippen LogP contribution in [0.5, 0.6) is 0 Å². The lowest BCUT2D eigenvalue weighted by Gasteiger charge is -2.29. The van der Waals surface area contributed by atoms with Gasteiger partial charge in [-0.15, -0.1) is 0 Å². The quantitative estimate of drug-likeness (QED) is 0.566. The molecule has 1 atom stereocenters. The first-order valence-electron chi connectivity index (χ1n) is 10.6. The summed E-state index contributed by atoms with van der Waals surface area (Å²) in [6.45, 7) is 7.37. The summed E-state index contributed by atoms with van der Waals surface area (Å²) in [4.78, 5) is 20.6. The van der Waals surface area contributed by atoms with Gasteiger partial charge < -0.3 is 14.8 Å². The van der Waals surface area contributed by atoms with E-state index in [9.17, 15) is 4.79 Å². The summed E-state index contributed by atoms with van der Waals surface area (Å²) >= 11 is 0. The van der Waals surface area contributed by atoms with E-state index >= 15 is 0 Å². The molecule has 3 rings (SSSR count). The van der Waals surface area contributed by atoms with Crippen molar-refractivity contribution in [2.75, 3.05) is 26.7 Å². The molecule has 0 aliphatic carbocycles. The second kappa shape index (κ2) is 10.1. The zero-order valence-corrected chi connectivity index (χ0v) is 18.1. The maximum atomic E-state index is 13.1. The average Bonchev–Trinajstić information content (AvgIpc) is 3.21. The molecule has 156 valence electrons. The molecule has 0 aliphatic rings. The molecule has 30 heavy (non-hydrogen) atoms. The van der Waals surface area contributed by atoms with Crippen molar-refractivity contribution in [3.05, 3.63) is 71.4 Å². The van der Waals surface area contributed by atoms with Gasteiger partial charge in [0.15, 0.2) is 0 Å². The van der Waals surface area contributed by atoms with Crippen molar-refractivity contribution in [2.45, 2.75) is 26.8 Å². The van der Waals surface area contributed by atoms with E-state index in [4.69, 9.17) is 5.26 Å². The molecule has 3 aromatic rings. The van der Waals surface area contributed by atoms with Gasteiger partial charge in [-0.25, -0.2) is 0 Å². The molecule has 0 fully saturated rings. The predicted molar refractivity (Wildman–Crippen MR) is 121 cm³/mol. The van der Waals surface area contributed by atoms with Crippen molar-refractivity contribution in [1.29, 1.82) is 5.26 Å². The molecule has 0 radical (unpaired) electrons. The van der Waals surface area contributed by atoms with Crippen LogP contribution in [0.4, 0.5) is 0 Å². The fourth-order valence-corrected chi connectivity index (χ4v) is 3.84. The summed E-state index contributed by atoms with van der Waals surface area (Å²) in [6, 6.07) is 19.8. The summed E-state index contributed by atoms with van der Waals surface area (Å²) in [5, 5.41) is 10.0. The Morgan fingerprint density at radius 1 is 1.10 bits per heavy atom. The molecule has 1 amide bonds. The van der Waals surface area contributed by atoms with Crippen LogP contribution in [0.1, 0.15) is 41.9 Å². The minimum atomic E-state index is 0.0573. The van der Waals surface area contributed by atoms with Crippen molar-refractivity contribution in [3.8, 4) is 6.07 Å². The number of nitriles is 1. The summed E-state index contributed by atoms with van der Waals surface area (Å²) in [5.41, 5.74) is 3.51. The van der Waals surface area contributed by atoms with Gasteiger partial charge in [0.05, 0.1) is 11.6 Å². The number of carbonyl (C=O) groups excluding carboxylic acids is 1. The predicted octanol–water partition coefficient (Wildman–Crippen LogP) is 4.66. The van der Waals surface area contributed by atoms with Crippen molar-refractivity contribution in [1.82, 2.24) is 14.8 Å². The number of fused-ring (bicyclic) bond motifs is 1. The number of aromatic nitrogens is 1. The number of hydrogen-bond acceptors (Lipinski definition) is 3. The highest BCUT2D eigenvalue weighted by atomic mass is 16.2. The Bertz CT molecular complexity index is 983. The molecule has 5 nitrogen and oxygen atoms in total. The van der Waals surface area contributed by atoms with Gasteiger partial charge in [0.2, 0.25) is 0 Å². The molecule has 0 spiro atoms. The van der Waals surface area contributed by atoms with Crippen LogP contribution in [0.15, 0.2) is 54.6 Å². The Morgan fingerprint density at radius 2 is 1.83 bits per heavy atom. The Kier molecular flexibility index (Phi) is 7.26. The fraction of sp³-hybridized carbons (Fsp3) is 0.360. The Hall–Kier alpha value is -3.10. The molecule has 0 saturated carbocycles. The molecule has 0 bridgehead atoms. The van der Waals surface area contributed by atoms with Gasteiger partial charge in [0, 0.05) is 37.1 Å². The average molecular weight is 403 g/mol. The summed E-state index contributed by atoms with van der Waals surface area (Å²) in [6.07, 6.45) is 1.01. The van der Waals surface area contributed by atoms with E-state index < -0.39 is 0 Å². The van der Waals surface area contributed by atoms with Crippen LogP contribution in [-0.2, 0) is 6.54 Å². The van der Waals surface area contributed by atoms with Gasteiger partial charge in [-0.05, 0) is 49.7 Å². The Labute approximate surface area is 178 Å². The minimum Gasteiger partial charge on any atom is -0.351 e. The van der Waals surface area contributed by atoms with Gasteiger partial charge in [0.25, 0.3) is 5.91 Å². The number of para-hydroxylation sites is 1. The third kappa shape index (κ3) is 5.28. The number of carbonyl (C=O) groups is 1. The van der Waals surface area contributed by atoms with Crippen molar-refractivity contribution in [3.63, 3.8) is 0 Å². The first-order chi connectivity index (χ1) is 14.5. The minimum absolute atomic E-state index is 0.0573. The molecule has 1 unspecified atom stereocenters. The highest BCUT2D eigenvalue weighted by Gasteiger charge is 2.21. The number of hydrogen-bond donors (Lipinski definition) is 1. The zero-order chi connectivity index (χ0) is 21.5. The molecule has 0 saturated heterocycles. The van der Waals surface area contributed by atoms with Crippen molar-refractivity contribution < 1.29 is 4.79 Å². The SMILES string of the molecule is CCC(CN(C)Cc1ccc(C#N)cc1)CN(CC)C(=O)c1cc2ccccc2[nH]1. The number of benzene rings is 2. The van der Waals surface area contributed by atoms with E-state index in [-0.39, 0.29) is 5.91 Å². The standard InChI is InChI=1S/C25H30N4O/c1-4-19(16-28(3)17-21-12-10-20(15-26)11-13-21)18-29(5-2)25(30)24-14-22-8-6-7-9-23(22)27-24/h6-14,19,27H,4-5,16-18H2,1-3H3. The fourth-order valence-electron chi connectivity index (χ4n) is 3.84. The number of nitrogens with one attached hydrogen (secondary N) is 1. The third-order valence-corrected chi connectivity index (χ3v) is 5.59. The van der Waals surface area contributed by atoms with Gasteiger partial charge in [0.1, 0.15) is 5.69 Å². The molecule has 1 aromatic heterocycles. The van der Waals surface area contributed by atoms with Crippen LogP contribution < -0.4 is 0 Å². The van der Waals surface area contributed by atoms with E-state index in [1.165, 1.54) is 5.56 Å². The molecular weight excluding hydrogens is 372 g/mol. The highest BCUT2D eigenvalue weighted by Crippen LogP contribution is 2.18.